The number of methoxy groups -OCH3 is 2. The molecule has 3 rings (SSSR count). The molecule has 0 aromatic carbocycles. The zero-order chi connectivity index (χ0) is 15.4. The molecule has 2 nitrogen and oxygen atoms in total. The van der Waals surface area contributed by atoms with Gasteiger partial charge < -0.3 is 9.47 Å². The second-order valence-electron chi connectivity index (χ2n) is 7.70. The largest absolute Gasteiger partial charge is 0.504 e. The highest BCUT2D eigenvalue weighted by Gasteiger charge is 2.37. The monoisotopic (exact) mass is 304 g/mol. The molecule has 0 aliphatic heterocycles. The van der Waals surface area contributed by atoms with Crippen molar-refractivity contribution in [3.63, 3.8) is 0 Å². The molecule has 22 heavy (non-hydrogen) atoms. The third kappa shape index (κ3) is 3.70. The first-order valence-electron chi connectivity index (χ1n) is 9.21. The van der Waals surface area contributed by atoms with E-state index >= 15 is 0 Å². The van der Waals surface area contributed by atoms with Gasteiger partial charge in [-0.15, -0.1) is 0 Å². The third-order valence-corrected chi connectivity index (χ3v) is 6.45. The Morgan fingerprint density at radius 2 is 1.23 bits per heavy atom. The minimum Gasteiger partial charge on any atom is -0.504 e. The zero-order valence-electron chi connectivity index (χ0n) is 14.4. The van der Waals surface area contributed by atoms with E-state index in [0.717, 1.165) is 23.7 Å². The smallest absolute Gasteiger partial charge is 0.0816 e. The van der Waals surface area contributed by atoms with Crippen LogP contribution in [0.2, 0.25) is 0 Å². The number of fused-ring (bicyclic) bond motifs is 1. The predicted octanol–water partition coefficient (Wildman–Crippen LogP) is 5.45. The van der Waals surface area contributed by atoms with Crippen LogP contribution in [0.15, 0.2) is 23.7 Å². The molecule has 2 heteroatoms. The minimum absolute atomic E-state index is 0.943. The molecule has 0 N–H and O–H groups in total. The molecule has 3 aliphatic carbocycles. The Labute approximate surface area is 136 Å². The van der Waals surface area contributed by atoms with Gasteiger partial charge in [0.05, 0.1) is 26.7 Å². The Hall–Kier alpha value is -0.920. The first kappa shape index (κ1) is 16.0. The molecule has 0 amide bonds. The van der Waals surface area contributed by atoms with Crippen LogP contribution in [-0.2, 0) is 9.47 Å². The number of hydrogen-bond acceptors (Lipinski definition) is 2. The lowest BCUT2D eigenvalue weighted by molar-refractivity contribution is 0.102. The first-order chi connectivity index (χ1) is 10.8. The van der Waals surface area contributed by atoms with Gasteiger partial charge in [0.25, 0.3) is 0 Å². The molecule has 0 heterocycles. The van der Waals surface area contributed by atoms with Gasteiger partial charge in [-0.25, -0.2) is 0 Å². The fourth-order valence-corrected chi connectivity index (χ4v) is 5.26. The van der Waals surface area contributed by atoms with Crippen molar-refractivity contribution in [1.82, 2.24) is 0 Å². The van der Waals surface area contributed by atoms with Gasteiger partial charge in [-0.1, -0.05) is 0 Å². The molecule has 0 aromatic heterocycles. The number of ether oxygens (including phenoxy) is 2. The predicted molar refractivity (Wildman–Crippen MR) is 90.3 cm³/mol. The number of rotatable bonds is 3. The topological polar surface area (TPSA) is 18.5 Å². The fourth-order valence-electron chi connectivity index (χ4n) is 5.26. The summed E-state index contributed by atoms with van der Waals surface area (Å²) in [7, 11) is 3.56. The number of hydrogen-bond donors (Lipinski definition) is 0. The van der Waals surface area contributed by atoms with Crippen LogP contribution in [-0.4, -0.2) is 14.2 Å². The van der Waals surface area contributed by atoms with Crippen LogP contribution < -0.4 is 0 Å². The van der Waals surface area contributed by atoms with Gasteiger partial charge in [0, 0.05) is 0 Å². The van der Waals surface area contributed by atoms with Crippen LogP contribution in [0.5, 0.6) is 0 Å². The zero-order valence-corrected chi connectivity index (χ0v) is 14.4. The maximum atomic E-state index is 5.23. The summed E-state index contributed by atoms with van der Waals surface area (Å²) >= 11 is 0. The van der Waals surface area contributed by atoms with Gasteiger partial charge in [0.2, 0.25) is 0 Å². The van der Waals surface area contributed by atoms with Gasteiger partial charge in [-0.2, -0.15) is 0 Å². The molecule has 0 spiro atoms. The molecule has 0 aromatic rings. The van der Waals surface area contributed by atoms with E-state index < -0.39 is 0 Å². The average Bonchev–Trinajstić information content (AvgIpc) is 2.56. The van der Waals surface area contributed by atoms with E-state index in [2.05, 4.69) is 0 Å². The van der Waals surface area contributed by atoms with Crippen molar-refractivity contribution in [2.45, 2.75) is 64.2 Å². The molecule has 124 valence electrons. The van der Waals surface area contributed by atoms with Crippen LogP contribution in [0.1, 0.15) is 64.2 Å². The van der Waals surface area contributed by atoms with Crippen LogP contribution in [0.25, 0.3) is 0 Å². The van der Waals surface area contributed by atoms with Crippen molar-refractivity contribution in [2.24, 2.45) is 23.7 Å². The lowest BCUT2D eigenvalue weighted by Crippen LogP contribution is -2.32. The van der Waals surface area contributed by atoms with Crippen molar-refractivity contribution in [3.8, 4) is 0 Å². The fraction of sp³-hybridized carbons (Fsp3) is 0.800. The molecule has 0 radical (unpaired) electrons. The summed E-state index contributed by atoms with van der Waals surface area (Å²) in [5.41, 5.74) is 3.08. The maximum Gasteiger partial charge on any atom is 0.0816 e. The summed E-state index contributed by atoms with van der Waals surface area (Å²) in [4.78, 5) is 0. The molecule has 3 aliphatic rings. The maximum absolute atomic E-state index is 5.23. The van der Waals surface area contributed by atoms with Crippen molar-refractivity contribution < 1.29 is 9.47 Å². The van der Waals surface area contributed by atoms with E-state index in [1.54, 1.807) is 19.8 Å². The SMILES string of the molecule is COC=C1CCC(C2CCC3C/C(=C\OC)CCC3C2)CC1. The highest BCUT2D eigenvalue weighted by molar-refractivity contribution is 5.07. The van der Waals surface area contributed by atoms with Gasteiger partial charge >= 0.3 is 0 Å². The Kier molecular flexibility index (Phi) is 5.49. The molecule has 3 fully saturated rings. The van der Waals surface area contributed by atoms with Crippen LogP contribution in [0, 0.1) is 23.7 Å². The van der Waals surface area contributed by atoms with Gasteiger partial charge in [-0.3, -0.25) is 0 Å². The summed E-state index contributed by atoms with van der Waals surface area (Å²) < 4.78 is 10.4. The lowest BCUT2D eigenvalue weighted by Gasteiger charge is -2.43. The second kappa shape index (κ2) is 7.57. The molecular formula is C20H32O2. The number of allylic oxidation sites excluding steroid dienone is 2. The normalized spacial score (nSPS) is 37.5. The van der Waals surface area contributed by atoms with E-state index in [0.29, 0.717) is 0 Å². The second-order valence-corrected chi connectivity index (χ2v) is 7.70. The van der Waals surface area contributed by atoms with E-state index in [-0.39, 0.29) is 0 Å². The van der Waals surface area contributed by atoms with Gasteiger partial charge in [0.1, 0.15) is 0 Å². The summed E-state index contributed by atoms with van der Waals surface area (Å²) in [6.45, 7) is 0. The quantitative estimate of drug-likeness (QED) is 0.645. The minimum atomic E-state index is 0.943. The van der Waals surface area contributed by atoms with E-state index in [9.17, 15) is 0 Å². The van der Waals surface area contributed by atoms with Crippen molar-refractivity contribution in [3.05, 3.63) is 23.7 Å². The van der Waals surface area contributed by atoms with Crippen LogP contribution in [0.4, 0.5) is 0 Å². The summed E-state index contributed by atoms with van der Waals surface area (Å²) in [5, 5.41) is 0. The highest BCUT2D eigenvalue weighted by atomic mass is 16.5. The van der Waals surface area contributed by atoms with Crippen molar-refractivity contribution >= 4 is 0 Å². The van der Waals surface area contributed by atoms with E-state index in [1.807, 2.05) is 12.5 Å². The molecular weight excluding hydrogens is 272 g/mol. The standard InChI is InChI=1S/C20H32O2/c1-21-13-15-3-6-17(7-4-15)19-10-9-18-11-16(14-22-2)5-8-20(18)12-19/h13-14,17-20H,3-12H2,1-2H3/b15-13?,16-14-. The Morgan fingerprint density at radius 1 is 0.682 bits per heavy atom. The molecule has 3 saturated carbocycles. The molecule has 3 atom stereocenters. The molecule has 3 unspecified atom stereocenters. The van der Waals surface area contributed by atoms with Gasteiger partial charge in [0.15, 0.2) is 0 Å². The summed E-state index contributed by atoms with van der Waals surface area (Å²) in [6.07, 6.45) is 17.7. The van der Waals surface area contributed by atoms with Crippen molar-refractivity contribution in [2.75, 3.05) is 14.2 Å². The highest BCUT2D eigenvalue weighted by Crippen LogP contribution is 2.48. The Bertz CT molecular complexity index is 411. The Balaban J connectivity index is 1.51. The van der Waals surface area contributed by atoms with E-state index in [4.69, 9.17) is 9.47 Å². The summed E-state index contributed by atoms with van der Waals surface area (Å²) in [5.74, 6) is 3.91. The first-order valence-corrected chi connectivity index (χ1v) is 9.21. The van der Waals surface area contributed by atoms with Crippen molar-refractivity contribution in [1.29, 1.82) is 0 Å². The van der Waals surface area contributed by atoms with Crippen LogP contribution in [0.3, 0.4) is 0 Å². The van der Waals surface area contributed by atoms with E-state index in [1.165, 1.54) is 69.8 Å². The molecule has 0 saturated heterocycles. The average molecular weight is 304 g/mol. The van der Waals surface area contributed by atoms with Gasteiger partial charge in [-0.05, 0) is 99.0 Å². The lowest BCUT2D eigenvalue weighted by atomic mass is 9.62. The summed E-state index contributed by atoms with van der Waals surface area (Å²) in [6, 6.07) is 0. The Morgan fingerprint density at radius 3 is 1.95 bits per heavy atom. The molecule has 0 bridgehead atoms. The van der Waals surface area contributed by atoms with Crippen LogP contribution >= 0.6 is 0 Å². The third-order valence-electron chi connectivity index (χ3n) is 6.45.